The summed E-state index contributed by atoms with van der Waals surface area (Å²) in [5.74, 6) is -0.237. The van der Waals surface area contributed by atoms with Gasteiger partial charge in [-0.05, 0) is 41.5 Å². The molecule has 3 rings (SSSR count). The average Bonchev–Trinajstić information content (AvgIpc) is 2.63. The van der Waals surface area contributed by atoms with Crippen LogP contribution in [0.4, 0.5) is 4.39 Å². The van der Waals surface area contributed by atoms with Gasteiger partial charge in [-0.25, -0.2) is 4.39 Å². The van der Waals surface area contributed by atoms with Crippen molar-refractivity contribution in [1.29, 1.82) is 0 Å². The van der Waals surface area contributed by atoms with Crippen molar-refractivity contribution in [2.24, 2.45) is 0 Å². The van der Waals surface area contributed by atoms with E-state index in [1.165, 1.54) is 22.9 Å². The zero-order valence-corrected chi connectivity index (χ0v) is 15.1. The Kier molecular flexibility index (Phi) is 5.64. The third-order valence-electron chi connectivity index (χ3n) is 4.53. The molecule has 0 radical (unpaired) electrons. The minimum atomic E-state index is -0.242. The smallest absolute Gasteiger partial charge is 0.275 e. The lowest BCUT2D eigenvalue weighted by Crippen LogP contribution is -3.08. The average molecular weight is 351 g/mol. The molecule has 3 aromatic carbocycles. The van der Waals surface area contributed by atoms with Crippen LogP contribution in [0.1, 0.15) is 24.1 Å². The number of nitrogens with one attached hydrogen (secondary N) is 2. The number of fused-ring (bicyclic) bond motifs is 1. The minimum Gasteiger partial charge on any atom is -0.345 e. The summed E-state index contributed by atoms with van der Waals surface area (Å²) >= 11 is 0. The van der Waals surface area contributed by atoms with Crippen molar-refractivity contribution in [3.05, 3.63) is 83.7 Å². The fourth-order valence-electron chi connectivity index (χ4n) is 3.14. The molecule has 0 aliphatic heterocycles. The quantitative estimate of drug-likeness (QED) is 0.703. The van der Waals surface area contributed by atoms with E-state index in [4.69, 9.17) is 0 Å². The molecule has 0 aliphatic rings. The van der Waals surface area contributed by atoms with Gasteiger partial charge < -0.3 is 10.2 Å². The molecule has 134 valence electrons. The van der Waals surface area contributed by atoms with E-state index in [0.717, 1.165) is 16.0 Å². The molecule has 0 saturated carbocycles. The summed E-state index contributed by atoms with van der Waals surface area (Å²) in [5.41, 5.74) is 2.10. The van der Waals surface area contributed by atoms with Gasteiger partial charge in [-0.3, -0.25) is 4.79 Å². The molecular weight excluding hydrogens is 327 g/mol. The largest absolute Gasteiger partial charge is 0.345 e. The van der Waals surface area contributed by atoms with Gasteiger partial charge in [0.2, 0.25) is 0 Å². The Morgan fingerprint density at radius 3 is 2.46 bits per heavy atom. The third kappa shape index (κ3) is 4.67. The lowest BCUT2D eigenvalue weighted by atomic mass is 10.0. The second-order valence-electron chi connectivity index (χ2n) is 6.83. The van der Waals surface area contributed by atoms with Gasteiger partial charge in [0.05, 0.1) is 13.1 Å². The monoisotopic (exact) mass is 351 g/mol. The first-order chi connectivity index (χ1) is 12.5. The van der Waals surface area contributed by atoms with Crippen LogP contribution in [0.25, 0.3) is 10.8 Å². The molecule has 1 unspecified atom stereocenters. The maximum Gasteiger partial charge on any atom is 0.275 e. The van der Waals surface area contributed by atoms with Crippen molar-refractivity contribution in [2.75, 3.05) is 13.6 Å². The van der Waals surface area contributed by atoms with Crippen molar-refractivity contribution in [3.8, 4) is 0 Å². The molecular formula is C22H24FN2O+. The Hall–Kier alpha value is -2.72. The van der Waals surface area contributed by atoms with Gasteiger partial charge in [0, 0.05) is 5.56 Å². The lowest BCUT2D eigenvalue weighted by molar-refractivity contribution is -0.885. The van der Waals surface area contributed by atoms with Gasteiger partial charge in [-0.1, -0.05) is 48.5 Å². The topological polar surface area (TPSA) is 33.5 Å². The number of carbonyl (C=O) groups excluding carboxylic acids is 1. The highest BCUT2D eigenvalue weighted by molar-refractivity contribution is 5.83. The predicted octanol–water partition coefficient (Wildman–Crippen LogP) is 2.87. The van der Waals surface area contributed by atoms with Crippen molar-refractivity contribution >= 4 is 16.7 Å². The normalized spacial score (nSPS) is 13.3. The van der Waals surface area contributed by atoms with Crippen LogP contribution in [0.3, 0.4) is 0 Å². The number of carbonyl (C=O) groups is 1. The van der Waals surface area contributed by atoms with Gasteiger partial charge in [-0.15, -0.1) is 0 Å². The minimum absolute atomic E-state index is 0.00488. The van der Waals surface area contributed by atoms with Crippen LogP contribution in [-0.2, 0) is 11.3 Å². The van der Waals surface area contributed by atoms with Crippen LogP contribution >= 0.6 is 0 Å². The number of benzene rings is 3. The predicted molar refractivity (Wildman–Crippen MR) is 102 cm³/mol. The molecule has 0 saturated heterocycles. The summed E-state index contributed by atoms with van der Waals surface area (Å²) in [7, 11) is 1.96. The van der Waals surface area contributed by atoms with Crippen LogP contribution in [0.15, 0.2) is 66.7 Å². The molecule has 0 fully saturated rings. The van der Waals surface area contributed by atoms with Gasteiger partial charge in [0.1, 0.15) is 12.4 Å². The Morgan fingerprint density at radius 1 is 1.04 bits per heavy atom. The molecule has 0 aromatic heterocycles. The van der Waals surface area contributed by atoms with Crippen LogP contribution < -0.4 is 10.2 Å². The Bertz CT molecular complexity index is 892. The standard InChI is InChI=1S/C22H23FN2O/c1-16(19-10-9-18-5-3-4-6-20(18)13-19)24-22(26)15-25(2)14-17-7-11-21(23)12-8-17/h3-13,16H,14-15H2,1-2H3,(H,24,26)/p+1/t16-/m1/s1. The van der Waals surface area contributed by atoms with Gasteiger partial charge in [0.15, 0.2) is 6.54 Å². The number of likely N-dealkylation sites (N-methyl/N-ethyl adjacent to an activating group) is 1. The second-order valence-corrected chi connectivity index (χ2v) is 6.83. The van der Waals surface area contributed by atoms with Crippen molar-refractivity contribution in [1.82, 2.24) is 5.32 Å². The molecule has 2 N–H and O–H groups in total. The zero-order chi connectivity index (χ0) is 18.5. The molecule has 4 heteroatoms. The number of rotatable bonds is 6. The molecule has 1 amide bonds. The summed E-state index contributed by atoms with van der Waals surface area (Å²) in [4.78, 5) is 13.4. The molecule has 0 spiro atoms. The lowest BCUT2D eigenvalue weighted by Gasteiger charge is -2.18. The first kappa shape index (κ1) is 18.1. The molecule has 0 heterocycles. The molecule has 3 nitrogen and oxygen atoms in total. The van der Waals surface area contributed by atoms with Gasteiger partial charge in [0.25, 0.3) is 5.91 Å². The third-order valence-corrected chi connectivity index (χ3v) is 4.53. The summed E-state index contributed by atoms with van der Waals surface area (Å²) in [6.07, 6.45) is 0. The van der Waals surface area contributed by atoms with Crippen LogP contribution in [0.2, 0.25) is 0 Å². The van der Waals surface area contributed by atoms with E-state index in [1.54, 1.807) is 12.1 Å². The fourth-order valence-corrected chi connectivity index (χ4v) is 3.14. The van der Waals surface area contributed by atoms with E-state index in [9.17, 15) is 9.18 Å². The second kappa shape index (κ2) is 8.11. The van der Waals surface area contributed by atoms with E-state index in [2.05, 4.69) is 35.6 Å². The van der Waals surface area contributed by atoms with Crippen molar-refractivity contribution in [2.45, 2.75) is 19.5 Å². The van der Waals surface area contributed by atoms with E-state index < -0.39 is 0 Å². The van der Waals surface area contributed by atoms with Crippen molar-refractivity contribution in [3.63, 3.8) is 0 Å². The van der Waals surface area contributed by atoms with Crippen LogP contribution in [0.5, 0.6) is 0 Å². The number of amides is 1. The first-order valence-electron chi connectivity index (χ1n) is 8.85. The highest BCUT2D eigenvalue weighted by Gasteiger charge is 2.14. The maximum atomic E-state index is 13.0. The van der Waals surface area contributed by atoms with Gasteiger partial charge in [-0.2, -0.15) is 0 Å². The zero-order valence-electron chi connectivity index (χ0n) is 15.1. The maximum absolute atomic E-state index is 13.0. The Morgan fingerprint density at radius 2 is 1.73 bits per heavy atom. The van der Waals surface area contributed by atoms with Crippen LogP contribution in [0, 0.1) is 5.82 Å². The SMILES string of the molecule is C[C@@H](NC(=O)C[NH+](C)Cc1ccc(F)cc1)c1ccc2ccccc2c1. The molecule has 0 bridgehead atoms. The Labute approximate surface area is 153 Å². The number of halogens is 1. The molecule has 26 heavy (non-hydrogen) atoms. The molecule has 0 aliphatic carbocycles. The highest BCUT2D eigenvalue weighted by atomic mass is 19.1. The van der Waals surface area contributed by atoms with E-state index in [-0.39, 0.29) is 17.8 Å². The Balaban J connectivity index is 1.56. The summed E-state index contributed by atoms with van der Waals surface area (Å²) in [6.45, 7) is 3.05. The first-order valence-corrected chi connectivity index (χ1v) is 8.85. The summed E-state index contributed by atoms with van der Waals surface area (Å²) in [6, 6.07) is 20.8. The number of hydrogen-bond donors (Lipinski definition) is 2. The number of quaternary nitrogens is 1. The van der Waals surface area contributed by atoms with E-state index in [0.29, 0.717) is 13.1 Å². The van der Waals surface area contributed by atoms with E-state index >= 15 is 0 Å². The summed E-state index contributed by atoms with van der Waals surface area (Å²) < 4.78 is 13.0. The number of hydrogen-bond acceptors (Lipinski definition) is 1. The summed E-state index contributed by atoms with van der Waals surface area (Å²) in [5, 5.41) is 5.43. The molecule has 3 aromatic rings. The van der Waals surface area contributed by atoms with Gasteiger partial charge >= 0.3 is 0 Å². The van der Waals surface area contributed by atoms with Crippen LogP contribution in [-0.4, -0.2) is 19.5 Å². The highest BCUT2D eigenvalue weighted by Crippen LogP contribution is 2.20. The van der Waals surface area contributed by atoms with E-state index in [1.807, 2.05) is 26.1 Å². The fraction of sp³-hybridized carbons (Fsp3) is 0.227. The van der Waals surface area contributed by atoms with Crippen molar-refractivity contribution < 1.29 is 14.1 Å². The molecule has 2 atom stereocenters.